The summed E-state index contributed by atoms with van der Waals surface area (Å²) in [5, 5.41) is 3.38. The van der Waals surface area contributed by atoms with E-state index in [1.165, 1.54) is 17.8 Å². The second kappa shape index (κ2) is 9.28. The van der Waals surface area contributed by atoms with E-state index in [0.29, 0.717) is 5.41 Å². The lowest BCUT2D eigenvalue weighted by atomic mass is 9.71. The van der Waals surface area contributed by atoms with Crippen LogP contribution in [0.25, 0.3) is 11.0 Å². The number of fused-ring (bicyclic) bond motifs is 1. The number of piperidine rings is 2. The Hall–Kier alpha value is -3.75. The van der Waals surface area contributed by atoms with Crippen LogP contribution in [0.1, 0.15) is 31.2 Å². The van der Waals surface area contributed by atoms with Crippen molar-refractivity contribution in [1.29, 1.82) is 0 Å². The quantitative estimate of drug-likeness (QED) is 0.326. The lowest BCUT2D eigenvalue weighted by Gasteiger charge is -2.48. The Morgan fingerprint density at radius 2 is 1.32 bits per heavy atom. The van der Waals surface area contributed by atoms with E-state index >= 15 is 0 Å². The highest BCUT2D eigenvalue weighted by molar-refractivity contribution is 5.87. The van der Waals surface area contributed by atoms with Gasteiger partial charge >= 0.3 is 6.18 Å². The number of aromatic nitrogens is 3. The lowest BCUT2D eigenvalue weighted by molar-refractivity contribution is -0.137. The molecule has 2 aromatic heterocycles. The van der Waals surface area contributed by atoms with Gasteiger partial charge in [0, 0.05) is 49.4 Å². The number of nitrogens with zero attached hydrogens (tertiary/aromatic N) is 4. The molecule has 2 aliphatic rings. The Balaban J connectivity index is 1.03. The predicted molar refractivity (Wildman–Crippen MR) is 140 cm³/mol. The van der Waals surface area contributed by atoms with Crippen molar-refractivity contribution in [2.45, 2.75) is 31.9 Å². The Morgan fingerprint density at radius 3 is 1.89 bits per heavy atom. The van der Waals surface area contributed by atoms with E-state index in [1.807, 2.05) is 12.3 Å². The number of hydrogen-bond acceptors (Lipinski definition) is 5. The maximum absolute atomic E-state index is 12.9. The van der Waals surface area contributed by atoms with Crippen molar-refractivity contribution in [3.8, 4) is 0 Å². The van der Waals surface area contributed by atoms with Crippen LogP contribution in [0.15, 0.2) is 67.1 Å². The van der Waals surface area contributed by atoms with Gasteiger partial charge in [0.1, 0.15) is 11.8 Å². The fourth-order valence-corrected chi connectivity index (χ4v) is 5.70. The van der Waals surface area contributed by atoms with Crippen LogP contribution in [0.5, 0.6) is 0 Å². The maximum atomic E-state index is 12.9. The van der Waals surface area contributed by atoms with Crippen LogP contribution in [-0.4, -0.2) is 41.1 Å². The molecule has 4 heterocycles. The minimum Gasteiger partial charge on any atom is -0.371 e. The van der Waals surface area contributed by atoms with Gasteiger partial charge in [0.2, 0.25) is 0 Å². The van der Waals surface area contributed by atoms with E-state index in [1.54, 1.807) is 18.5 Å². The average molecular weight is 507 g/mol. The van der Waals surface area contributed by atoms with Gasteiger partial charge in [-0.05, 0) is 85.7 Å². The Labute approximate surface area is 213 Å². The Kier molecular flexibility index (Phi) is 5.93. The number of halogens is 3. The number of hydrogen-bond donors (Lipinski definition) is 2. The van der Waals surface area contributed by atoms with Crippen LogP contribution >= 0.6 is 0 Å². The van der Waals surface area contributed by atoms with E-state index in [4.69, 9.17) is 0 Å². The maximum Gasteiger partial charge on any atom is 0.416 e. The van der Waals surface area contributed by atoms with Crippen LogP contribution in [0.3, 0.4) is 0 Å². The molecule has 9 heteroatoms. The van der Waals surface area contributed by atoms with Crippen LogP contribution in [0, 0.1) is 5.41 Å². The molecule has 192 valence electrons. The summed E-state index contributed by atoms with van der Waals surface area (Å²) in [4.78, 5) is 16.5. The smallest absolute Gasteiger partial charge is 0.371 e. The molecule has 2 aromatic carbocycles. The minimum absolute atomic E-state index is 0.328. The van der Waals surface area contributed by atoms with Crippen LogP contribution in [0.2, 0.25) is 0 Å². The number of nitrogens with one attached hydrogen (secondary N) is 2. The molecule has 0 amide bonds. The molecule has 0 aliphatic carbocycles. The molecule has 0 radical (unpaired) electrons. The van der Waals surface area contributed by atoms with Crippen molar-refractivity contribution >= 4 is 33.9 Å². The number of anilines is 4. The van der Waals surface area contributed by atoms with Crippen molar-refractivity contribution in [3.05, 3.63) is 72.7 Å². The fraction of sp³-hybridized carbons (Fsp3) is 0.357. The summed E-state index contributed by atoms with van der Waals surface area (Å²) in [6, 6.07) is 16.0. The highest BCUT2D eigenvalue weighted by Gasteiger charge is 2.38. The van der Waals surface area contributed by atoms with Gasteiger partial charge in [0.05, 0.1) is 11.1 Å². The van der Waals surface area contributed by atoms with Gasteiger partial charge < -0.3 is 20.1 Å². The normalized spacial score (nSPS) is 17.9. The van der Waals surface area contributed by atoms with Gasteiger partial charge in [0.25, 0.3) is 0 Å². The molecule has 1 spiro atoms. The Morgan fingerprint density at radius 1 is 0.757 bits per heavy atom. The van der Waals surface area contributed by atoms with Gasteiger partial charge in [-0.3, -0.25) is 0 Å². The van der Waals surface area contributed by atoms with E-state index in [2.05, 4.69) is 54.3 Å². The minimum atomic E-state index is -4.29. The summed E-state index contributed by atoms with van der Waals surface area (Å²) in [6.07, 6.45) is 3.56. The van der Waals surface area contributed by atoms with Crippen LogP contribution in [0.4, 0.5) is 36.1 Å². The summed E-state index contributed by atoms with van der Waals surface area (Å²) in [6.45, 7) is 3.82. The molecule has 6 rings (SSSR count). The summed E-state index contributed by atoms with van der Waals surface area (Å²) in [5.74, 6) is 0.755. The zero-order valence-corrected chi connectivity index (χ0v) is 20.4. The SMILES string of the molecule is FC(F)(F)c1ccc(N2CCC3(CCN(c4ccc(Nc5ncnc6cc[nH]c56)cc4)CC3)CC2)cc1. The van der Waals surface area contributed by atoms with Gasteiger partial charge in [-0.2, -0.15) is 13.2 Å². The Bertz CT molecular complexity index is 1350. The molecular weight excluding hydrogens is 477 g/mol. The van der Waals surface area contributed by atoms with E-state index in [9.17, 15) is 13.2 Å². The summed E-state index contributed by atoms with van der Waals surface area (Å²) >= 11 is 0. The molecule has 0 bridgehead atoms. The zero-order valence-electron chi connectivity index (χ0n) is 20.4. The first kappa shape index (κ1) is 23.6. The van der Waals surface area contributed by atoms with Crippen LogP contribution in [-0.2, 0) is 6.18 Å². The first-order chi connectivity index (χ1) is 17.9. The van der Waals surface area contributed by atoms with Crippen LogP contribution < -0.4 is 15.1 Å². The summed E-state index contributed by atoms with van der Waals surface area (Å²) in [7, 11) is 0. The molecular formula is C28H29F3N6. The highest BCUT2D eigenvalue weighted by atomic mass is 19.4. The number of rotatable bonds is 4. The van der Waals surface area contributed by atoms with Crippen molar-refractivity contribution in [1.82, 2.24) is 15.0 Å². The van der Waals surface area contributed by atoms with E-state index in [0.717, 1.165) is 80.1 Å². The third-order valence-corrected chi connectivity index (χ3v) is 8.05. The van der Waals surface area contributed by atoms with E-state index < -0.39 is 11.7 Å². The van der Waals surface area contributed by atoms with Crippen molar-refractivity contribution in [3.63, 3.8) is 0 Å². The van der Waals surface area contributed by atoms with Gasteiger partial charge in [-0.15, -0.1) is 0 Å². The second-order valence-corrected chi connectivity index (χ2v) is 10.2. The molecule has 4 aromatic rings. The topological polar surface area (TPSA) is 60.1 Å². The average Bonchev–Trinajstić information content (AvgIpc) is 3.40. The highest BCUT2D eigenvalue weighted by Crippen LogP contribution is 2.43. The molecule has 0 atom stereocenters. The van der Waals surface area contributed by atoms with Gasteiger partial charge in [0.15, 0.2) is 5.82 Å². The first-order valence-electron chi connectivity index (χ1n) is 12.7. The molecule has 2 saturated heterocycles. The zero-order chi connectivity index (χ0) is 25.5. The molecule has 2 aliphatic heterocycles. The monoisotopic (exact) mass is 506 g/mol. The number of alkyl halides is 3. The molecule has 37 heavy (non-hydrogen) atoms. The van der Waals surface area contributed by atoms with Crippen molar-refractivity contribution in [2.75, 3.05) is 41.3 Å². The number of H-pyrrole nitrogens is 1. The van der Waals surface area contributed by atoms with Gasteiger partial charge in [-0.25, -0.2) is 9.97 Å². The third-order valence-electron chi connectivity index (χ3n) is 8.05. The summed E-state index contributed by atoms with van der Waals surface area (Å²) < 4.78 is 38.6. The van der Waals surface area contributed by atoms with Crippen molar-refractivity contribution < 1.29 is 13.2 Å². The summed E-state index contributed by atoms with van der Waals surface area (Å²) in [5.41, 5.74) is 4.58. The second-order valence-electron chi connectivity index (χ2n) is 10.2. The van der Waals surface area contributed by atoms with Crippen molar-refractivity contribution in [2.24, 2.45) is 5.41 Å². The molecule has 0 saturated carbocycles. The molecule has 2 N–H and O–H groups in total. The standard InChI is InChI=1S/C28H29F3N6/c29-28(30,31)20-1-5-22(6-2-20)36-15-10-27(11-16-36)12-17-37(18-13-27)23-7-3-21(4-8-23)35-26-25-24(9-14-32-25)33-19-34-26/h1-9,14,19,32H,10-13,15-18H2,(H,33,34,35). The van der Waals surface area contributed by atoms with Gasteiger partial charge in [-0.1, -0.05) is 0 Å². The molecule has 0 unspecified atom stereocenters. The number of benzene rings is 2. The predicted octanol–water partition coefficient (Wildman–Crippen LogP) is 6.61. The number of aromatic amines is 1. The van der Waals surface area contributed by atoms with E-state index in [-0.39, 0.29) is 0 Å². The fourth-order valence-electron chi connectivity index (χ4n) is 5.70. The molecule has 2 fully saturated rings. The third kappa shape index (κ3) is 4.82. The first-order valence-corrected chi connectivity index (χ1v) is 12.7. The molecule has 6 nitrogen and oxygen atoms in total. The lowest BCUT2D eigenvalue weighted by Crippen LogP contribution is -2.47. The largest absolute Gasteiger partial charge is 0.416 e.